The summed E-state index contributed by atoms with van der Waals surface area (Å²) in [5, 5.41) is 0. The molecule has 2 N–H and O–H groups in total. The molecule has 2 aromatic rings. The van der Waals surface area contributed by atoms with Crippen LogP contribution in [0.4, 0.5) is 5.69 Å². The molecule has 0 heterocycles. The van der Waals surface area contributed by atoms with E-state index in [1.807, 2.05) is 25.1 Å². The van der Waals surface area contributed by atoms with Crippen molar-refractivity contribution in [2.75, 3.05) is 5.73 Å². The Balaban J connectivity index is 2.48. The average molecular weight is 269 g/mol. The van der Waals surface area contributed by atoms with Gasteiger partial charge in [-0.15, -0.1) is 0 Å². The molecule has 2 aromatic carbocycles. The molecule has 2 rings (SSSR count). The second kappa shape index (κ2) is 5.20. The Labute approximate surface area is 121 Å². The van der Waals surface area contributed by atoms with Crippen LogP contribution in [0.5, 0.6) is 11.5 Å². The minimum absolute atomic E-state index is 0.0294. The zero-order chi connectivity index (χ0) is 14.9. The third-order valence-electron chi connectivity index (χ3n) is 3.45. The standard InChI is InChI=1S/C18H23NO/c1-12-9-10-14(18(3,4)5)16(11-12)20-15-8-6-7-13(2)17(15)19/h6-11H,19H2,1-5H3. The Hall–Kier alpha value is -1.96. The van der Waals surface area contributed by atoms with Crippen molar-refractivity contribution in [3.63, 3.8) is 0 Å². The quantitative estimate of drug-likeness (QED) is 0.781. The molecule has 0 radical (unpaired) electrons. The highest BCUT2D eigenvalue weighted by Crippen LogP contribution is 2.37. The minimum Gasteiger partial charge on any atom is -0.455 e. The van der Waals surface area contributed by atoms with E-state index in [2.05, 4.69) is 45.9 Å². The topological polar surface area (TPSA) is 35.2 Å². The largest absolute Gasteiger partial charge is 0.455 e. The number of anilines is 1. The van der Waals surface area contributed by atoms with Crippen LogP contribution in [-0.4, -0.2) is 0 Å². The highest BCUT2D eigenvalue weighted by molar-refractivity contribution is 5.59. The second-order valence-corrected chi connectivity index (χ2v) is 6.34. The SMILES string of the molecule is Cc1ccc(C(C)(C)C)c(Oc2cccc(C)c2N)c1. The van der Waals surface area contributed by atoms with Crippen LogP contribution >= 0.6 is 0 Å². The van der Waals surface area contributed by atoms with Crippen LogP contribution in [0, 0.1) is 13.8 Å². The van der Waals surface area contributed by atoms with Gasteiger partial charge in [0.25, 0.3) is 0 Å². The van der Waals surface area contributed by atoms with E-state index in [1.165, 1.54) is 11.1 Å². The predicted molar refractivity (Wildman–Crippen MR) is 85.5 cm³/mol. The summed E-state index contributed by atoms with van der Waals surface area (Å²) in [6.07, 6.45) is 0. The number of nitrogens with two attached hydrogens (primary N) is 1. The number of aryl methyl sites for hydroxylation is 2. The molecule has 20 heavy (non-hydrogen) atoms. The van der Waals surface area contributed by atoms with Crippen molar-refractivity contribution in [2.45, 2.75) is 40.0 Å². The molecule has 2 nitrogen and oxygen atoms in total. The van der Waals surface area contributed by atoms with Crippen LogP contribution in [0.2, 0.25) is 0 Å². The normalized spacial score (nSPS) is 11.4. The van der Waals surface area contributed by atoms with Crippen molar-refractivity contribution >= 4 is 5.69 Å². The van der Waals surface area contributed by atoms with Gasteiger partial charge in [-0.25, -0.2) is 0 Å². The van der Waals surface area contributed by atoms with Gasteiger partial charge in [0, 0.05) is 5.56 Å². The van der Waals surface area contributed by atoms with E-state index in [0.29, 0.717) is 5.69 Å². The Bertz CT molecular complexity index is 624. The van der Waals surface area contributed by atoms with E-state index in [9.17, 15) is 0 Å². The number of hydrogen-bond acceptors (Lipinski definition) is 2. The summed E-state index contributed by atoms with van der Waals surface area (Å²) >= 11 is 0. The number of para-hydroxylation sites is 1. The summed E-state index contributed by atoms with van der Waals surface area (Å²) in [5.74, 6) is 1.61. The summed E-state index contributed by atoms with van der Waals surface area (Å²) in [7, 11) is 0. The van der Waals surface area contributed by atoms with Gasteiger partial charge in [0.15, 0.2) is 5.75 Å². The number of rotatable bonds is 2. The second-order valence-electron chi connectivity index (χ2n) is 6.34. The van der Waals surface area contributed by atoms with E-state index >= 15 is 0 Å². The van der Waals surface area contributed by atoms with Gasteiger partial charge >= 0.3 is 0 Å². The van der Waals surface area contributed by atoms with Gasteiger partial charge < -0.3 is 10.5 Å². The number of ether oxygens (including phenoxy) is 1. The molecular weight excluding hydrogens is 246 g/mol. The lowest BCUT2D eigenvalue weighted by Gasteiger charge is -2.23. The van der Waals surface area contributed by atoms with E-state index in [4.69, 9.17) is 10.5 Å². The van der Waals surface area contributed by atoms with Crippen LogP contribution in [-0.2, 0) is 5.41 Å². The lowest BCUT2D eigenvalue weighted by atomic mass is 9.86. The van der Waals surface area contributed by atoms with Crippen LogP contribution in [0.3, 0.4) is 0 Å². The Morgan fingerprint density at radius 3 is 2.30 bits per heavy atom. The van der Waals surface area contributed by atoms with Crippen molar-refractivity contribution in [2.24, 2.45) is 0 Å². The fraction of sp³-hybridized carbons (Fsp3) is 0.333. The molecule has 0 spiro atoms. The fourth-order valence-corrected chi connectivity index (χ4v) is 2.19. The predicted octanol–water partition coefficient (Wildman–Crippen LogP) is 4.98. The first kappa shape index (κ1) is 14.4. The zero-order valence-corrected chi connectivity index (χ0v) is 12.9. The van der Waals surface area contributed by atoms with E-state index < -0.39 is 0 Å². The maximum Gasteiger partial charge on any atom is 0.150 e. The van der Waals surface area contributed by atoms with E-state index in [1.54, 1.807) is 0 Å². The Morgan fingerprint density at radius 1 is 0.950 bits per heavy atom. The van der Waals surface area contributed by atoms with E-state index in [-0.39, 0.29) is 5.41 Å². The molecule has 0 unspecified atom stereocenters. The highest BCUT2D eigenvalue weighted by Gasteiger charge is 2.20. The molecule has 106 valence electrons. The fourth-order valence-electron chi connectivity index (χ4n) is 2.19. The van der Waals surface area contributed by atoms with Gasteiger partial charge in [0.1, 0.15) is 5.75 Å². The first-order valence-corrected chi connectivity index (χ1v) is 6.93. The summed E-state index contributed by atoms with van der Waals surface area (Å²) in [4.78, 5) is 0. The molecule has 0 bridgehead atoms. The molecule has 0 saturated heterocycles. The third-order valence-corrected chi connectivity index (χ3v) is 3.45. The van der Waals surface area contributed by atoms with Gasteiger partial charge in [-0.3, -0.25) is 0 Å². The summed E-state index contributed by atoms with van der Waals surface area (Å²) in [6, 6.07) is 12.2. The number of nitrogen functional groups attached to an aromatic ring is 1. The van der Waals surface area contributed by atoms with Crippen LogP contribution in [0.25, 0.3) is 0 Å². The highest BCUT2D eigenvalue weighted by atomic mass is 16.5. The maximum absolute atomic E-state index is 6.10. The first-order chi connectivity index (χ1) is 9.29. The molecule has 0 aliphatic rings. The molecule has 0 saturated carbocycles. The molecule has 0 aliphatic carbocycles. The molecule has 0 atom stereocenters. The lowest BCUT2D eigenvalue weighted by molar-refractivity contribution is 0.456. The van der Waals surface area contributed by atoms with Crippen LogP contribution in [0.1, 0.15) is 37.5 Å². The number of hydrogen-bond donors (Lipinski definition) is 1. The Kier molecular flexibility index (Phi) is 3.76. The van der Waals surface area contributed by atoms with Gasteiger partial charge in [-0.1, -0.05) is 45.0 Å². The molecule has 0 amide bonds. The Morgan fingerprint density at radius 2 is 1.65 bits per heavy atom. The zero-order valence-electron chi connectivity index (χ0n) is 12.9. The lowest BCUT2D eigenvalue weighted by Crippen LogP contribution is -2.12. The van der Waals surface area contributed by atoms with Crippen LogP contribution < -0.4 is 10.5 Å². The van der Waals surface area contributed by atoms with E-state index in [0.717, 1.165) is 17.1 Å². The molecule has 0 aromatic heterocycles. The van der Waals surface area contributed by atoms with Crippen molar-refractivity contribution in [1.29, 1.82) is 0 Å². The molecule has 0 aliphatic heterocycles. The monoisotopic (exact) mass is 269 g/mol. The van der Waals surface area contributed by atoms with Gasteiger partial charge in [0.05, 0.1) is 5.69 Å². The van der Waals surface area contributed by atoms with Gasteiger partial charge in [-0.2, -0.15) is 0 Å². The summed E-state index contributed by atoms with van der Waals surface area (Å²) in [5.41, 5.74) is 10.2. The van der Waals surface area contributed by atoms with Gasteiger partial charge in [-0.05, 0) is 42.5 Å². The minimum atomic E-state index is 0.0294. The molecule has 2 heteroatoms. The van der Waals surface area contributed by atoms with Crippen molar-refractivity contribution in [3.8, 4) is 11.5 Å². The van der Waals surface area contributed by atoms with Gasteiger partial charge in [0.2, 0.25) is 0 Å². The average Bonchev–Trinajstić information content (AvgIpc) is 2.33. The first-order valence-electron chi connectivity index (χ1n) is 6.93. The molecular formula is C18H23NO. The van der Waals surface area contributed by atoms with Crippen LogP contribution in [0.15, 0.2) is 36.4 Å². The van der Waals surface area contributed by atoms with Crippen molar-refractivity contribution < 1.29 is 4.74 Å². The third kappa shape index (κ3) is 2.96. The maximum atomic E-state index is 6.10. The number of benzene rings is 2. The van der Waals surface area contributed by atoms with Crippen molar-refractivity contribution in [1.82, 2.24) is 0 Å². The summed E-state index contributed by atoms with van der Waals surface area (Å²) in [6.45, 7) is 10.6. The smallest absolute Gasteiger partial charge is 0.150 e. The molecule has 0 fully saturated rings. The summed E-state index contributed by atoms with van der Waals surface area (Å²) < 4.78 is 6.10. The van der Waals surface area contributed by atoms with Crippen molar-refractivity contribution in [3.05, 3.63) is 53.1 Å².